The topological polar surface area (TPSA) is 107 Å². The van der Waals surface area contributed by atoms with Crippen molar-refractivity contribution in [3.63, 3.8) is 0 Å². The van der Waals surface area contributed by atoms with Gasteiger partial charge in [0.15, 0.2) is 0 Å². The smallest absolute Gasteiger partial charge is 0.318 e. The van der Waals surface area contributed by atoms with Crippen LogP contribution in [0.3, 0.4) is 0 Å². The minimum atomic E-state index is -0.838. The summed E-state index contributed by atoms with van der Waals surface area (Å²) >= 11 is 0. The van der Waals surface area contributed by atoms with Crippen LogP contribution in [0.4, 0.5) is 4.79 Å². The molecule has 2 amide bonds. The summed E-state index contributed by atoms with van der Waals surface area (Å²) in [6, 6.07) is 6.73. The number of phenols is 1. The highest BCUT2D eigenvalue weighted by Crippen LogP contribution is 2.13. The van der Waals surface area contributed by atoms with Gasteiger partial charge in [-0.2, -0.15) is 0 Å². The fraction of sp³-hybridized carbons (Fsp3) is 0.588. The summed E-state index contributed by atoms with van der Waals surface area (Å²) < 4.78 is 0. The van der Waals surface area contributed by atoms with Crippen molar-refractivity contribution in [2.75, 3.05) is 13.5 Å². The van der Waals surface area contributed by atoms with Crippen LogP contribution < -0.4 is 5.73 Å². The Morgan fingerprint density at radius 1 is 1.00 bits per heavy atom. The summed E-state index contributed by atoms with van der Waals surface area (Å²) in [6.07, 6.45) is 9.19. The van der Waals surface area contributed by atoms with E-state index in [1.54, 1.807) is 12.1 Å². The van der Waals surface area contributed by atoms with Gasteiger partial charge in [0, 0.05) is 0 Å². The number of rotatable bonds is 9. The Morgan fingerprint density at radius 3 is 1.96 bits per heavy atom. The number of nitrogens with two attached hydrogens (primary N) is 1. The van der Waals surface area contributed by atoms with Gasteiger partial charge in [-0.25, -0.2) is 4.79 Å². The van der Waals surface area contributed by atoms with Gasteiger partial charge in [-0.05, 0) is 30.5 Å². The van der Waals surface area contributed by atoms with E-state index >= 15 is 0 Å². The predicted octanol–water partition coefficient (Wildman–Crippen LogP) is 2.56. The molecule has 1 rings (SSSR count). The normalized spacial score (nSPS) is 9.87. The number of hydrogen-bond donors (Lipinski definition) is 4. The van der Waals surface area contributed by atoms with Crippen molar-refractivity contribution in [2.24, 2.45) is 5.73 Å². The maximum atomic E-state index is 9.99. The van der Waals surface area contributed by atoms with E-state index in [-0.39, 0.29) is 0 Å². The lowest BCUT2D eigenvalue weighted by Crippen LogP contribution is -2.36. The predicted molar refractivity (Wildman–Crippen MR) is 90.8 cm³/mol. The Labute approximate surface area is 138 Å². The zero-order valence-corrected chi connectivity index (χ0v) is 13.9. The average Bonchev–Trinajstić information content (AvgIpc) is 2.54. The third-order valence-electron chi connectivity index (χ3n) is 3.41. The van der Waals surface area contributed by atoms with Crippen LogP contribution in [0.2, 0.25) is 0 Å². The molecule has 0 heterocycles. The van der Waals surface area contributed by atoms with Crippen LogP contribution in [0.5, 0.6) is 5.75 Å². The third kappa shape index (κ3) is 11.4. The van der Waals surface area contributed by atoms with Gasteiger partial charge in [0.25, 0.3) is 0 Å². The average molecular weight is 326 g/mol. The van der Waals surface area contributed by atoms with Crippen molar-refractivity contribution in [3.8, 4) is 5.75 Å². The SMILES string of the molecule is CCCCCCCCc1ccc(O)cc1.NC(=O)N(CO)CO. The molecule has 0 aromatic heterocycles. The fourth-order valence-electron chi connectivity index (χ4n) is 1.96. The standard InChI is InChI=1S/C14H22O.C3H8N2O3/c1-2-3-4-5-6-7-8-13-9-11-14(15)12-10-13;4-3(8)5(1-6)2-7/h9-12,15H,2-8H2,1H3;6-7H,1-2H2,(H2,4,8). The van der Waals surface area contributed by atoms with Gasteiger partial charge in [0.1, 0.15) is 19.2 Å². The molecule has 1 aromatic carbocycles. The number of amides is 2. The maximum Gasteiger partial charge on any atom is 0.318 e. The monoisotopic (exact) mass is 326 g/mol. The molecule has 0 aliphatic heterocycles. The van der Waals surface area contributed by atoms with Crippen LogP contribution >= 0.6 is 0 Å². The van der Waals surface area contributed by atoms with E-state index in [0.717, 1.165) is 6.42 Å². The molecule has 0 spiro atoms. The lowest BCUT2D eigenvalue weighted by molar-refractivity contribution is 0.0608. The molecule has 23 heavy (non-hydrogen) atoms. The summed E-state index contributed by atoms with van der Waals surface area (Å²) in [4.78, 5) is 10.7. The van der Waals surface area contributed by atoms with Crippen molar-refractivity contribution in [1.29, 1.82) is 0 Å². The number of hydrogen-bond acceptors (Lipinski definition) is 4. The number of aliphatic hydroxyl groups excluding tert-OH is 2. The molecule has 0 saturated carbocycles. The van der Waals surface area contributed by atoms with Crippen LogP contribution in [0.25, 0.3) is 0 Å². The zero-order valence-electron chi connectivity index (χ0n) is 13.9. The lowest BCUT2D eigenvalue weighted by atomic mass is 10.1. The van der Waals surface area contributed by atoms with E-state index in [4.69, 9.17) is 15.3 Å². The van der Waals surface area contributed by atoms with Crippen LogP contribution in [0, 0.1) is 0 Å². The fourth-order valence-corrected chi connectivity index (χ4v) is 1.96. The number of urea groups is 1. The Hall–Kier alpha value is -1.79. The molecule has 0 atom stereocenters. The first-order chi connectivity index (χ1) is 11.0. The summed E-state index contributed by atoms with van der Waals surface area (Å²) in [5.41, 5.74) is 5.96. The summed E-state index contributed by atoms with van der Waals surface area (Å²) in [6.45, 7) is 1.15. The highest BCUT2D eigenvalue weighted by atomic mass is 16.3. The van der Waals surface area contributed by atoms with Crippen LogP contribution in [0.1, 0.15) is 51.0 Å². The minimum absolute atomic E-state index is 0.363. The largest absolute Gasteiger partial charge is 0.508 e. The molecule has 0 radical (unpaired) electrons. The molecule has 1 aromatic rings. The quantitative estimate of drug-likeness (QED) is 0.413. The molecule has 0 bridgehead atoms. The first-order valence-corrected chi connectivity index (χ1v) is 8.09. The van der Waals surface area contributed by atoms with Gasteiger partial charge in [-0.15, -0.1) is 0 Å². The Morgan fingerprint density at radius 2 is 1.52 bits per heavy atom. The highest BCUT2D eigenvalue weighted by molar-refractivity contribution is 5.71. The molecular weight excluding hydrogens is 296 g/mol. The van der Waals surface area contributed by atoms with Gasteiger partial charge < -0.3 is 21.1 Å². The maximum absolute atomic E-state index is 9.99. The third-order valence-corrected chi connectivity index (χ3v) is 3.41. The van der Waals surface area contributed by atoms with Crippen LogP contribution in [-0.2, 0) is 6.42 Å². The van der Waals surface area contributed by atoms with E-state index in [1.807, 2.05) is 12.1 Å². The van der Waals surface area contributed by atoms with Crippen molar-refractivity contribution in [1.82, 2.24) is 4.90 Å². The van der Waals surface area contributed by atoms with Gasteiger partial charge in [0.2, 0.25) is 0 Å². The van der Waals surface area contributed by atoms with E-state index in [0.29, 0.717) is 10.6 Å². The van der Waals surface area contributed by atoms with E-state index in [1.165, 1.54) is 44.1 Å². The Balaban J connectivity index is 0.000000515. The number of aryl methyl sites for hydroxylation is 1. The van der Waals surface area contributed by atoms with Gasteiger partial charge in [0.05, 0.1) is 0 Å². The van der Waals surface area contributed by atoms with Gasteiger partial charge in [-0.3, -0.25) is 4.90 Å². The number of carbonyl (C=O) groups is 1. The second-order valence-electron chi connectivity index (χ2n) is 5.35. The number of phenolic OH excluding ortho intramolecular Hbond substituents is 1. The molecule has 5 N–H and O–H groups in total. The summed E-state index contributed by atoms with van der Waals surface area (Å²) in [7, 11) is 0. The van der Waals surface area contributed by atoms with Crippen LogP contribution in [-0.4, -0.2) is 39.7 Å². The highest BCUT2D eigenvalue weighted by Gasteiger charge is 2.02. The minimum Gasteiger partial charge on any atom is -0.508 e. The summed E-state index contributed by atoms with van der Waals surface area (Å²) in [5, 5.41) is 25.4. The molecule has 0 fully saturated rings. The number of aliphatic hydroxyl groups is 2. The first kappa shape index (κ1) is 21.2. The van der Waals surface area contributed by atoms with Crippen molar-refractivity contribution < 1.29 is 20.1 Å². The van der Waals surface area contributed by atoms with Crippen molar-refractivity contribution in [3.05, 3.63) is 29.8 Å². The Kier molecular flexibility index (Phi) is 12.8. The molecule has 6 nitrogen and oxygen atoms in total. The molecule has 0 saturated heterocycles. The second kappa shape index (κ2) is 13.8. The number of benzene rings is 1. The molecule has 6 heteroatoms. The zero-order chi connectivity index (χ0) is 17.5. The van der Waals surface area contributed by atoms with Gasteiger partial charge >= 0.3 is 6.03 Å². The van der Waals surface area contributed by atoms with Crippen molar-refractivity contribution in [2.45, 2.75) is 51.9 Å². The number of aromatic hydroxyl groups is 1. The second-order valence-corrected chi connectivity index (χ2v) is 5.35. The molecule has 0 aliphatic rings. The van der Waals surface area contributed by atoms with Crippen molar-refractivity contribution >= 4 is 6.03 Å². The first-order valence-electron chi connectivity index (χ1n) is 8.09. The number of carbonyl (C=O) groups excluding carboxylic acids is 1. The van der Waals surface area contributed by atoms with E-state index in [2.05, 4.69) is 12.7 Å². The van der Waals surface area contributed by atoms with Gasteiger partial charge in [-0.1, -0.05) is 51.2 Å². The number of nitrogens with zero attached hydrogens (tertiary/aromatic N) is 1. The summed E-state index contributed by atoms with van der Waals surface area (Å²) in [5.74, 6) is 0.363. The molecular formula is C17H30N2O4. The molecule has 0 aliphatic carbocycles. The Bertz CT molecular complexity index is 406. The number of unbranched alkanes of at least 4 members (excludes halogenated alkanes) is 5. The molecule has 0 unspecified atom stereocenters. The van der Waals surface area contributed by atoms with Crippen LogP contribution in [0.15, 0.2) is 24.3 Å². The van der Waals surface area contributed by atoms with E-state index in [9.17, 15) is 4.79 Å². The molecule has 132 valence electrons. The lowest BCUT2D eigenvalue weighted by Gasteiger charge is -2.11. The van der Waals surface area contributed by atoms with E-state index < -0.39 is 19.5 Å². The number of primary amides is 1.